The molecule has 1 heterocycles. The van der Waals surface area contributed by atoms with Crippen LogP contribution in [0.25, 0.3) is 0 Å². The Balaban J connectivity index is 0.000000450. The summed E-state index contributed by atoms with van der Waals surface area (Å²) in [5, 5.41) is 31.5. The Morgan fingerprint density at radius 2 is 2.12 bits per heavy atom. The Hall–Kier alpha value is -2.52. The van der Waals surface area contributed by atoms with Crippen molar-refractivity contribution >= 4 is 17.6 Å². The molecule has 0 spiro atoms. The highest BCUT2D eigenvalue weighted by Crippen LogP contribution is 2.30. The summed E-state index contributed by atoms with van der Waals surface area (Å²) in [7, 11) is 0. The second kappa shape index (κ2) is 10.4. The molecule has 0 radical (unpaired) electrons. The molecule has 25 heavy (non-hydrogen) atoms. The van der Waals surface area contributed by atoms with Crippen LogP contribution in [0.5, 0.6) is 11.5 Å². The highest BCUT2D eigenvalue weighted by molar-refractivity contribution is 6.26. The molecule has 0 saturated carbocycles. The number of aliphatic hydroxyl groups excluding tert-OH is 1. The molecule has 1 atom stereocenters. The van der Waals surface area contributed by atoms with Gasteiger partial charge in [-0.1, -0.05) is 0 Å². The fourth-order valence-corrected chi connectivity index (χ4v) is 1.90. The standard InChI is InChI=1S/C14H22N2O3.C2H2O4/c1-10(2)16-8-11(17)9-19-12-3-4-14-13(7-12)15-5-6-18-14;3-1(4)2(5)6/h3-4,7,10-11,15-17H,5-6,8-9H2,1-2H3;(H,3,4)(H,5,6). The number of aliphatic hydroxyl groups is 1. The van der Waals surface area contributed by atoms with E-state index in [-0.39, 0.29) is 0 Å². The lowest BCUT2D eigenvalue weighted by Crippen LogP contribution is -2.90. The smallest absolute Gasteiger partial charge is 0.351 e. The van der Waals surface area contributed by atoms with Gasteiger partial charge in [-0.3, -0.25) is 0 Å². The first-order valence-corrected chi connectivity index (χ1v) is 7.88. The van der Waals surface area contributed by atoms with Gasteiger partial charge in [-0.25, -0.2) is 4.79 Å². The number of carbonyl (C=O) groups is 2. The van der Waals surface area contributed by atoms with Gasteiger partial charge in [-0.05, 0) is 26.0 Å². The third-order valence-corrected chi connectivity index (χ3v) is 3.12. The largest absolute Gasteiger partial charge is 0.539 e. The normalized spacial score (nSPS) is 13.4. The minimum Gasteiger partial charge on any atom is -0.539 e. The predicted molar refractivity (Wildman–Crippen MR) is 86.5 cm³/mol. The van der Waals surface area contributed by atoms with Crippen molar-refractivity contribution in [2.45, 2.75) is 26.0 Å². The Bertz CT molecular complexity index is 566. The zero-order valence-corrected chi connectivity index (χ0v) is 14.2. The van der Waals surface area contributed by atoms with Crippen molar-refractivity contribution in [2.24, 2.45) is 0 Å². The van der Waals surface area contributed by atoms with Crippen LogP contribution in [0, 0.1) is 0 Å². The number of ether oxygens (including phenoxy) is 2. The lowest BCUT2D eigenvalue weighted by atomic mass is 10.2. The van der Waals surface area contributed by atoms with Gasteiger partial charge in [0.25, 0.3) is 0 Å². The molecule has 5 N–H and O–H groups in total. The molecular weight excluding hydrogens is 332 g/mol. The molecule has 0 amide bonds. The van der Waals surface area contributed by atoms with Crippen LogP contribution in [0.4, 0.5) is 5.69 Å². The number of benzene rings is 1. The number of nitrogens with one attached hydrogen (secondary N) is 1. The van der Waals surface area contributed by atoms with Crippen LogP contribution in [0.2, 0.25) is 0 Å². The molecule has 1 unspecified atom stereocenters. The van der Waals surface area contributed by atoms with E-state index in [2.05, 4.69) is 24.5 Å². The van der Waals surface area contributed by atoms with Crippen molar-refractivity contribution in [1.29, 1.82) is 0 Å². The number of carbonyl (C=O) groups excluding carboxylic acids is 1. The molecule has 0 aliphatic carbocycles. The maximum Gasteiger partial charge on any atom is 0.351 e. The Morgan fingerprint density at radius 3 is 2.72 bits per heavy atom. The SMILES string of the molecule is CC(C)[NH2+]CC(O)COc1ccc2c(c1)NCCO2.O=C([O-])C(=O)O. The summed E-state index contributed by atoms with van der Waals surface area (Å²) < 4.78 is 11.1. The highest BCUT2D eigenvalue weighted by Gasteiger charge is 2.12. The van der Waals surface area contributed by atoms with Gasteiger partial charge in [0.1, 0.15) is 37.4 Å². The summed E-state index contributed by atoms with van der Waals surface area (Å²) in [6, 6.07) is 6.15. The fourth-order valence-electron chi connectivity index (χ4n) is 1.90. The average Bonchev–Trinajstić information content (AvgIpc) is 2.58. The maximum atomic E-state index is 9.80. The van der Waals surface area contributed by atoms with Crippen LogP contribution in [-0.4, -0.2) is 60.6 Å². The van der Waals surface area contributed by atoms with Crippen LogP contribution in [0.3, 0.4) is 0 Å². The number of anilines is 1. The number of quaternary nitrogens is 1. The van der Waals surface area contributed by atoms with Crippen molar-refractivity contribution < 1.29 is 39.7 Å². The predicted octanol–water partition coefficient (Wildman–Crippen LogP) is -1.98. The van der Waals surface area contributed by atoms with E-state index in [1.54, 1.807) is 0 Å². The first-order valence-electron chi connectivity index (χ1n) is 7.88. The molecule has 1 aromatic carbocycles. The monoisotopic (exact) mass is 356 g/mol. The van der Waals surface area contributed by atoms with E-state index in [1.165, 1.54) is 0 Å². The van der Waals surface area contributed by atoms with Gasteiger partial charge in [0.15, 0.2) is 5.97 Å². The lowest BCUT2D eigenvalue weighted by molar-refractivity contribution is -0.688. The maximum absolute atomic E-state index is 9.80. The molecule has 1 aliphatic rings. The van der Waals surface area contributed by atoms with Crippen molar-refractivity contribution in [2.75, 3.05) is 31.6 Å². The summed E-state index contributed by atoms with van der Waals surface area (Å²) in [5.41, 5.74) is 0.951. The Labute approximate surface area is 145 Å². The van der Waals surface area contributed by atoms with Gasteiger partial charge in [0, 0.05) is 12.6 Å². The van der Waals surface area contributed by atoms with E-state index in [0.29, 0.717) is 25.8 Å². The van der Waals surface area contributed by atoms with Gasteiger partial charge in [-0.15, -0.1) is 0 Å². The topological polar surface area (TPSA) is 145 Å². The molecule has 1 aromatic rings. The molecule has 1 aliphatic heterocycles. The van der Waals surface area contributed by atoms with Crippen LogP contribution in [0.15, 0.2) is 18.2 Å². The van der Waals surface area contributed by atoms with Gasteiger partial charge >= 0.3 is 5.97 Å². The number of carboxylic acids is 2. The average molecular weight is 356 g/mol. The molecule has 2 rings (SSSR count). The van der Waals surface area contributed by atoms with Crippen LogP contribution >= 0.6 is 0 Å². The number of rotatable bonds is 6. The second-order valence-electron chi connectivity index (χ2n) is 5.71. The summed E-state index contributed by atoms with van der Waals surface area (Å²) in [6.45, 7) is 6.66. The third kappa shape index (κ3) is 8.23. The van der Waals surface area contributed by atoms with Gasteiger partial charge in [0.2, 0.25) is 0 Å². The summed E-state index contributed by atoms with van der Waals surface area (Å²) >= 11 is 0. The molecule has 9 nitrogen and oxygen atoms in total. The zero-order chi connectivity index (χ0) is 18.8. The first-order chi connectivity index (χ1) is 11.8. The molecule has 0 bridgehead atoms. The van der Waals surface area contributed by atoms with Crippen molar-refractivity contribution in [3.63, 3.8) is 0 Å². The summed E-state index contributed by atoms with van der Waals surface area (Å²) in [6.07, 6.45) is -0.456. The highest BCUT2D eigenvalue weighted by atomic mass is 16.5. The van der Waals surface area contributed by atoms with Gasteiger partial charge in [0.05, 0.1) is 11.7 Å². The van der Waals surface area contributed by atoms with Crippen LogP contribution in [-0.2, 0) is 9.59 Å². The number of nitrogens with two attached hydrogens (primary N) is 1. The minimum atomic E-state index is -2.07. The zero-order valence-electron chi connectivity index (χ0n) is 14.2. The van der Waals surface area contributed by atoms with E-state index in [1.807, 2.05) is 18.2 Å². The lowest BCUT2D eigenvalue weighted by Gasteiger charge is -2.20. The van der Waals surface area contributed by atoms with Gasteiger partial charge < -0.3 is 40.2 Å². The summed E-state index contributed by atoms with van der Waals surface area (Å²) in [5.74, 6) is -2.40. The van der Waals surface area contributed by atoms with E-state index >= 15 is 0 Å². The van der Waals surface area contributed by atoms with E-state index in [9.17, 15) is 5.11 Å². The second-order valence-corrected chi connectivity index (χ2v) is 5.71. The van der Waals surface area contributed by atoms with Crippen LogP contribution in [0.1, 0.15) is 13.8 Å². The van der Waals surface area contributed by atoms with Crippen molar-refractivity contribution in [3.8, 4) is 11.5 Å². The number of hydrogen-bond acceptors (Lipinski definition) is 7. The Kier molecular flexibility index (Phi) is 8.51. The fraction of sp³-hybridized carbons (Fsp3) is 0.500. The van der Waals surface area contributed by atoms with Crippen molar-refractivity contribution in [1.82, 2.24) is 0 Å². The molecule has 9 heteroatoms. The Morgan fingerprint density at radius 1 is 1.44 bits per heavy atom. The number of fused-ring (bicyclic) bond motifs is 1. The number of hydrogen-bond donors (Lipinski definition) is 4. The summed E-state index contributed by atoms with van der Waals surface area (Å²) in [4.78, 5) is 18.0. The number of aliphatic carboxylic acids is 2. The van der Waals surface area contributed by atoms with E-state index < -0.39 is 18.0 Å². The quantitative estimate of drug-likeness (QED) is 0.429. The van der Waals surface area contributed by atoms with Crippen LogP contribution < -0.4 is 25.2 Å². The van der Waals surface area contributed by atoms with E-state index in [0.717, 1.165) is 23.7 Å². The molecule has 140 valence electrons. The molecular formula is C16H24N2O7. The molecule has 0 aromatic heterocycles. The molecule has 0 fully saturated rings. The third-order valence-electron chi connectivity index (χ3n) is 3.12. The van der Waals surface area contributed by atoms with Gasteiger partial charge in [-0.2, -0.15) is 0 Å². The number of carboxylic acid groups (broad SMARTS) is 2. The first kappa shape index (κ1) is 20.5. The van der Waals surface area contributed by atoms with E-state index in [4.69, 9.17) is 29.3 Å². The minimum absolute atomic E-state index is 0.308. The van der Waals surface area contributed by atoms with Crippen molar-refractivity contribution in [3.05, 3.63) is 18.2 Å². The molecule has 0 saturated heterocycles.